The quantitative estimate of drug-likeness (QED) is 0.603. The molecule has 0 bridgehead atoms. The molecule has 0 spiro atoms. The van der Waals surface area contributed by atoms with Crippen LogP contribution in [0.25, 0.3) is 0 Å². The third-order valence-corrected chi connectivity index (χ3v) is 7.26. The second-order valence-corrected chi connectivity index (χ2v) is 9.13. The van der Waals surface area contributed by atoms with Gasteiger partial charge in [-0.15, -0.1) is 0 Å². The molecule has 0 saturated carbocycles. The number of sulfonamides is 1. The highest BCUT2D eigenvalue weighted by molar-refractivity contribution is 7.89. The molecule has 9 heteroatoms. The number of halogens is 5. The Morgan fingerprint density at radius 2 is 1.55 bits per heavy atom. The van der Waals surface area contributed by atoms with E-state index in [9.17, 15) is 30.4 Å². The topological polar surface area (TPSA) is 37.4 Å². The van der Waals surface area contributed by atoms with E-state index in [2.05, 4.69) is 0 Å². The van der Waals surface area contributed by atoms with Gasteiger partial charge in [-0.05, 0) is 37.5 Å². The monoisotopic (exact) mass is 433 g/mol. The zero-order valence-corrected chi connectivity index (χ0v) is 16.4. The molecule has 0 aromatic heterocycles. The SMILES string of the molecule is Cc1ccc(S(=O)(=O)N2CCCC2(CC(F)(F)C(F)(F)F)c2ccccc2)cc1. The zero-order valence-electron chi connectivity index (χ0n) is 15.6. The van der Waals surface area contributed by atoms with Gasteiger partial charge in [-0.3, -0.25) is 0 Å². The molecule has 0 radical (unpaired) electrons. The van der Waals surface area contributed by atoms with Crippen molar-refractivity contribution in [1.82, 2.24) is 4.31 Å². The number of aryl methyl sites for hydroxylation is 1. The molecule has 1 unspecified atom stereocenters. The second-order valence-electron chi connectivity index (χ2n) is 7.27. The Balaban J connectivity index is 2.16. The number of benzene rings is 2. The fraction of sp³-hybridized carbons (Fsp3) is 0.400. The minimum atomic E-state index is -5.78. The van der Waals surface area contributed by atoms with E-state index >= 15 is 0 Å². The minimum Gasteiger partial charge on any atom is -0.207 e. The van der Waals surface area contributed by atoms with Gasteiger partial charge in [-0.2, -0.15) is 26.3 Å². The molecule has 1 aliphatic rings. The number of nitrogens with zero attached hydrogens (tertiary/aromatic N) is 1. The molecule has 1 fully saturated rings. The van der Waals surface area contributed by atoms with Crippen LogP contribution in [0.5, 0.6) is 0 Å². The van der Waals surface area contributed by atoms with E-state index in [1.165, 1.54) is 36.4 Å². The first-order valence-electron chi connectivity index (χ1n) is 9.00. The van der Waals surface area contributed by atoms with Gasteiger partial charge < -0.3 is 0 Å². The van der Waals surface area contributed by atoms with Crippen molar-refractivity contribution in [2.45, 2.75) is 48.7 Å². The van der Waals surface area contributed by atoms with Gasteiger partial charge in [0.2, 0.25) is 10.0 Å². The van der Waals surface area contributed by atoms with Gasteiger partial charge in [0.1, 0.15) is 0 Å². The van der Waals surface area contributed by atoms with Crippen molar-refractivity contribution in [3.63, 3.8) is 0 Å². The summed E-state index contributed by atoms with van der Waals surface area (Å²) >= 11 is 0. The van der Waals surface area contributed by atoms with E-state index in [0.29, 0.717) is 0 Å². The lowest BCUT2D eigenvalue weighted by Crippen LogP contribution is -2.51. The maximum Gasteiger partial charge on any atom is 0.453 e. The molecular weight excluding hydrogens is 413 g/mol. The van der Waals surface area contributed by atoms with Crippen LogP contribution in [-0.2, 0) is 15.6 Å². The van der Waals surface area contributed by atoms with Gasteiger partial charge in [0, 0.05) is 13.0 Å². The smallest absolute Gasteiger partial charge is 0.207 e. The summed E-state index contributed by atoms with van der Waals surface area (Å²) in [4.78, 5) is -0.138. The first-order valence-corrected chi connectivity index (χ1v) is 10.4. The van der Waals surface area contributed by atoms with Crippen LogP contribution >= 0.6 is 0 Å². The number of hydrogen-bond donors (Lipinski definition) is 0. The molecule has 0 N–H and O–H groups in total. The minimum absolute atomic E-state index is 0.122. The van der Waals surface area contributed by atoms with E-state index in [-0.39, 0.29) is 29.8 Å². The van der Waals surface area contributed by atoms with Crippen LogP contribution < -0.4 is 0 Å². The molecule has 3 rings (SSSR count). The predicted octanol–water partition coefficient (Wildman–Crippen LogP) is 5.26. The summed E-state index contributed by atoms with van der Waals surface area (Å²) in [5.41, 5.74) is -1.08. The summed E-state index contributed by atoms with van der Waals surface area (Å²) in [6.45, 7) is 1.61. The van der Waals surface area contributed by atoms with Crippen molar-refractivity contribution in [2.75, 3.05) is 6.54 Å². The largest absolute Gasteiger partial charge is 0.453 e. The highest BCUT2D eigenvalue weighted by Gasteiger charge is 2.64. The van der Waals surface area contributed by atoms with E-state index in [1.54, 1.807) is 25.1 Å². The molecular formula is C20H20F5NO2S. The first-order chi connectivity index (χ1) is 13.4. The molecule has 0 aliphatic carbocycles. The zero-order chi connectivity index (χ0) is 21.5. The molecule has 0 amide bonds. The number of hydrogen-bond acceptors (Lipinski definition) is 2. The summed E-state index contributed by atoms with van der Waals surface area (Å²) in [6, 6.07) is 13.2. The Kier molecular flexibility index (Phi) is 5.51. The summed E-state index contributed by atoms with van der Waals surface area (Å²) in [5.74, 6) is -5.05. The van der Waals surface area contributed by atoms with Crippen LogP contribution in [0.15, 0.2) is 59.5 Å². The Hall–Kier alpha value is -2.00. The van der Waals surface area contributed by atoms with Gasteiger partial charge in [0.25, 0.3) is 0 Å². The fourth-order valence-corrected chi connectivity index (χ4v) is 5.65. The van der Waals surface area contributed by atoms with Crippen LogP contribution in [-0.4, -0.2) is 31.4 Å². The maximum absolute atomic E-state index is 14.2. The molecule has 158 valence electrons. The molecule has 3 nitrogen and oxygen atoms in total. The highest BCUT2D eigenvalue weighted by atomic mass is 32.2. The van der Waals surface area contributed by atoms with E-state index in [1.807, 2.05) is 0 Å². The average molecular weight is 433 g/mol. The van der Waals surface area contributed by atoms with Gasteiger partial charge in [0.15, 0.2) is 0 Å². The Labute approximate surface area is 166 Å². The van der Waals surface area contributed by atoms with Gasteiger partial charge in [-0.1, -0.05) is 48.0 Å². The van der Waals surface area contributed by atoms with Crippen molar-refractivity contribution in [1.29, 1.82) is 0 Å². The Morgan fingerprint density at radius 3 is 2.10 bits per heavy atom. The van der Waals surface area contributed by atoms with Crippen molar-refractivity contribution < 1.29 is 30.4 Å². The maximum atomic E-state index is 14.2. The second kappa shape index (κ2) is 7.36. The fourth-order valence-electron chi connectivity index (χ4n) is 3.82. The van der Waals surface area contributed by atoms with Crippen LogP contribution in [0.4, 0.5) is 22.0 Å². The molecule has 1 heterocycles. The van der Waals surface area contributed by atoms with Gasteiger partial charge in [0.05, 0.1) is 10.4 Å². The summed E-state index contributed by atoms with van der Waals surface area (Å²) < 4.78 is 94.9. The van der Waals surface area contributed by atoms with Crippen molar-refractivity contribution >= 4 is 10.0 Å². The molecule has 2 aromatic rings. The van der Waals surface area contributed by atoms with E-state index in [0.717, 1.165) is 9.87 Å². The lowest BCUT2D eigenvalue weighted by atomic mass is 9.82. The third-order valence-electron chi connectivity index (χ3n) is 5.28. The summed E-state index contributed by atoms with van der Waals surface area (Å²) in [5, 5.41) is 0. The first kappa shape index (κ1) is 21.7. The molecule has 1 aliphatic heterocycles. The number of rotatable bonds is 5. The molecule has 29 heavy (non-hydrogen) atoms. The Bertz CT molecular complexity index is 959. The van der Waals surface area contributed by atoms with Gasteiger partial charge >= 0.3 is 12.1 Å². The van der Waals surface area contributed by atoms with E-state index in [4.69, 9.17) is 0 Å². The van der Waals surface area contributed by atoms with Gasteiger partial charge in [-0.25, -0.2) is 8.42 Å². The van der Waals surface area contributed by atoms with Crippen molar-refractivity contribution in [2.24, 2.45) is 0 Å². The standard InChI is InChI=1S/C20H20F5NO2S/c1-15-8-10-17(11-9-15)29(27,28)26-13-5-12-18(26,16-6-3-2-4-7-16)14-19(21,22)20(23,24)25/h2-4,6-11H,5,12-14H2,1H3. The van der Waals surface area contributed by atoms with E-state index < -0.39 is 34.1 Å². The summed E-state index contributed by atoms with van der Waals surface area (Å²) in [6.07, 6.45) is -7.41. The van der Waals surface area contributed by atoms with Crippen LogP contribution in [0.2, 0.25) is 0 Å². The molecule has 2 aromatic carbocycles. The Morgan fingerprint density at radius 1 is 0.966 bits per heavy atom. The third kappa shape index (κ3) is 3.90. The molecule has 1 atom stereocenters. The molecule has 1 saturated heterocycles. The average Bonchev–Trinajstić information content (AvgIpc) is 3.07. The number of alkyl halides is 5. The lowest BCUT2D eigenvalue weighted by Gasteiger charge is -2.40. The van der Waals surface area contributed by atoms with Crippen molar-refractivity contribution in [3.8, 4) is 0 Å². The van der Waals surface area contributed by atoms with Crippen LogP contribution in [0.3, 0.4) is 0 Å². The van der Waals surface area contributed by atoms with Crippen LogP contribution in [0, 0.1) is 6.92 Å². The highest BCUT2D eigenvalue weighted by Crippen LogP contribution is 2.52. The van der Waals surface area contributed by atoms with Crippen LogP contribution in [0.1, 0.15) is 30.4 Å². The lowest BCUT2D eigenvalue weighted by molar-refractivity contribution is -0.291. The normalized spacial score (nSPS) is 21.4. The van der Waals surface area contributed by atoms with Crippen molar-refractivity contribution in [3.05, 3.63) is 65.7 Å². The predicted molar refractivity (Wildman–Crippen MR) is 98.0 cm³/mol. The summed E-state index contributed by atoms with van der Waals surface area (Å²) in [7, 11) is -4.30.